The number of esters is 1. The lowest BCUT2D eigenvalue weighted by Gasteiger charge is -2.25. The van der Waals surface area contributed by atoms with E-state index in [1.165, 1.54) is 19.1 Å². The summed E-state index contributed by atoms with van der Waals surface area (Å²) in [6.45, 7) is 2.72. The number of amides is 1. The van der Waals surface area contributed by atoms with Crippen LogP contribution < -0.4 is 9.62 Å². The van der Waals surface area contributed by atoms with Crippen molar-refractivity contribution in [1.82, 2.24) is 4.72 Å². The summed E-state index contributed by atoms with van der Waals surface area (Å²) in [7, 11) is -3.91. The second kappa shape index (κ2) is 9.79. The van der Waals surface area contributed by atoms with E-state index in [4.69, 9.17) is 4.74 Å². The van der Waals surface area contributed by atoms with Gasteiger partial charge in [0.2, 0.25) is 10.0 Å². The second-order valence-electron chi connectivity index (χ2n) is 8.25. The number of para-hydroxylation sites is 2. The maximum atomic E-state index is 13.3. The molecule has 1 aliphatic heterocycles. The van der Waals surface area contributed by atoms with E-state index in [0.29, 0.717) is 0 Å². The zero-order chi connectivity index (χ0) is 24.3. The van der Waals surface area contributed by atoms with Gasteiger partial charge in [-0.3, -0.25) is 14.5 Å². The number of ether oxygens (including phenoxy) is 1. The molecule has 1 heterocycles. The molecule has 0 bridgehead atoms. The first kappa shape index (κ1) is 23.7. The van der Waals surface area contributed by atoms with Crippen molar-refractivity contribution in [2.75, 3.05) is 11.5 Å². The molecule has 176 valence electrons. The van der Waals surface area contributed by atoms with Gasteiger partial charge in [0.1, 0.15) is 6.04 Å². The number of carbonyl (C=O) groups excluding carboxylic acids is 2. The van der Waals surface area contributed by atoms with E-state index in [-0.39, 0.29) is 4.90 Å². The Balaban J connectivity index is 1.47. The van der Waals surface area contributed by atoms with E-state index in [1.807, 2.05) is 55.5 Å². The second-order valence-corrected chi connectivity index (χ2v) is 9.96. The van der Waals surface area contributed by atoms with Crippen LogP contribution in [0.4, 0.5) is 11.4 Å². The summed E-state index contributed by atoms with van der Waals surface area (Å²) in [5.74, 6) is -1.25. The van der Waals surface area contributed by atoms with Crippen molar-refractivity contribution in [2.45, 2.75) is 37.6 Å². The van der Waals surface area contributed by atoms with Crippen molar-refractivity contribution in [3.8, 4) is 0 Å². The maximum Gasteiger partial charge on any atom is 0.324 e. The molecule has 1 amide bonds. The molecule has 0 saturated heterocycles. The smallest absolute Gasteiger partial charge is 0.324 e. The zero-order valence-corrected chi connectivity index (χ0v) is 19.8. The van der Waals surface area contributed by atoms with E-state index in [1.54, 1.807) is 17.0 Å². The average Bonchev–Trinajstić information content (AvgIpc) is 2.99. The fraction of sp³-hybridized carbons (Fsp3) is 0.231. The highest BCUT2D eigenvalue weighted by Gasteiger charge is 2.28. The van der Waals surface area contributed by atoms with E-state index in [0.717, 1.165) is 40.9 Å². The molecule has 8 heteroatoms. The highest BCUT2D eigenvalue weighted by molar-refractivity contribution is 7.89. The summed E-state index contributed by atoms with van der Waals surface area (Å²) < 4.78 is 32.7. The van der Waals surface area contributed by atoms with Gasteiger partial charge in [-0.05, 0) is 62.1 Å². The summed E-state index contributed by atoms with van der Waals surface area (Å²) in [6, 6.07) is 20.4. The molecule has 3 aromatic rings. The normalized spacial score (nSPS) is 13.9. The zero-order valence-electron chi connectivity index (χ0n) is 19.0. The molecule has 0 fully saturated rings. The molecule has 1 N–H and O–H groups in total. The largest absolute Gasteiger partial charge is 0.454 e. The van der Waals surface area contributed by atoms with E-state index in [2.05, 4.69) is 4.72 Å². The minimum absolute atomic E-state index is 0.0478. The van der Waals surface area contributed by atoms with Gasteiger partial charge in [-0.25, -0.2) is 8.42 Å². The number of rotatable bonds is 6. The molecule has 0 saturated carbocycles. The predicted octanol–water partition coefficient (Wildman–Crippen LogP) is 3.67. The van der Waals surface area contributed by atoms with Gasteiger partial charge in [0.15, 0.2) is 6.61 Å². The molecule has 7 nitrogen and oxygen atoms in total. The highest BCUT2D eigenvalue weighted by Crippen LogP contribution is 2.36. The van der Waals surface area contributed by atoms with Gasteiger partial charge in [-0.15, -0.1) is 0 Å². The van der Waals surface area contributed by atoms with Crippen LogP contribution >= 0.6 is 0 Å². The molecule has 0 spiro atoms. The quantitative estimate of drug-likeness (QED) is 0.546. The van der Waals surface area contributed by atoms with Gasteiger partial charge in [-0.2, -0.15) is 4.72 Å². The third-order valence-electron chi connectivity index (χ3n) is 5.73. The lowest BCUT2D eigenvalue weighted by Crippen LogP contribution is -2.41. The topological polar surface area (TPSA) is 92.8 Å². The molecule has 3 aromatic carbocycles. The van der Waals surface area contributed by atoms with Gasteiger partial charge >= 0.3 is 5.97 Å². The number of benzene rings is 3. The van der Waals surface area contributed by atoms with Crippen LogP contribution in [0.1, 0.15) is 23.6 Å². The van der Waals surface area contributed by atoms with Crippen LogP contribution in [0.25, 0.3) is 0 Å². The minimum Gasteiger partial charge on any atom is -0.454 e. The first-order valence-electron chi connectivity index (χ1n) is 11.0. The van der Waals surface area contributed by atoms with Crippen LogP contribution in [0.3, 0.4) is 0 Å². The Bertz CT molecular complexity index is 1270. The van der Waals surface area contributed by atoms with Crippen LogP contribution in [0.15, 0.2) is 77.7 Å². The van der Waals surface area contributed by atoms with Crippen molar-refractivity contribution in [3.05, 3.63) is 89.5 Å². The first-order valence-corrected chi connectivity index (χ1v) is 12.5. The van der Waals surface area contributed by atoms with Crippen molar-refractivity contribution >= 4 is 33.3 Å². The van der Waals surface area contributed by atoms with Crippen LogP contribution in [-0.4, -0.2) is 32.9 Å². The molecule has 34 heavy (non-hydrogen) atoms. The monoisotopic (exact) mass is 478 g/mol. The van der Waals surface area contributed by atoms with Crippen molar-refractivity contribution in [2.24, 2.45) is 0 Å². The SMILES string of the molecule is Cc1ccc(S(=O)(=O)N[C@@H](C)C(=O)OCC(=O)N2c3ccccc3CCc3ccccc32)cc1. The number of nitrogens with zero attached hydrogens (tertiary/aromatic N) is 1. The van der Waals surface area contributed by atoms with Crippen molar-refractivity contribution < 1.29 is 22.7 Å². The Hall–Kier alpha value is -3.49. The van der Waals surface area contributed by atoms with Crippen molar-refractivity contribution in [1.29, 1.82) is 0 Å². The fourth-order valence-corrected chi connectivity index (χ4v) is 5.13. The van der Waals surface area contributed by atoms with Gasteiger partial charge in [0.05, 0.1) is 16.3 Å². The predicted molar refractivity (Wildman–Crippen MR) is 129 cm³/mol. The van der Waals surface area contributed by atoms with Crippen LogP contribution in [-0.2, 0) is 37.2 Å². The number of anilines is 2. The van der Waals surface area contributed by atoms with Gasteiger partial charge in [0, 0.05) is 0 Å². The lowest BCUT2D eigenvalue weighted by molar-refractivity contribution is -0.148. The number of sulfonamides is 1. The third-order valence-corrected chi connectivity index (χ3v) is 7.29. The number of hydrogen-bond acceptors (Lipinski definition) is 5. The van der Waals surface area contributed by atoms with Crippen LogP contribution in [0.5, 0.6) is 0 Å². The molecule has 4 rings (SSSR count). The number of carbonyl (C=O) groups is 2. The van der Waals surface area contributed by atoms with E-state index in [9.17, 15) is 18.0 Å². The molecular weight excluding hydrogens is 452 g/mol. The average molecular weight is 479 g/mol. The number of fused-ring (bicyclic) bond motifs is 2. The first-order chi connectivity index (χ1) is 16.3. The van der Waals surface area contributed by atoms with Crippen LogP contribution in [0.2, 0.25) is 0 Å². The molecule has 0 radical (unpaired) electrons. The van der Waals surface area contributed by atoms with E-state index >= 15 is 0 Å². The Kier molecular flexibility index (Phi) is 6.81. The van der Waals surface area contributed by atoms with Gasteiger partial charge < -0.3 is 4.74 Å². The Labute approximate surface area is 199 Å². The Morgan fingerprint density at radius 3 is 2.00 bits per heavy atom. The summed E-state index contributed by atoms with van der Waals surface area (Å²) >= 11 is 0. The van der Waals surface area contributed by atoms with E-state index < -0.39 is 34.5 Å². The maximum absolute atomic E-state index is 13.3. The van der Waals surface area contributed by atoms with Gasteiger partial charge in [-0.1, -0.05) is 54.1 Å². The van der Waals surface area contributed by atoms with Gasteiger partial charge in [0.25, 0.3) is 5.91 Å². The number of aryl methyl sites for hydroxylation is 3. The highest BCUT2D eigenvalue weighted by atomic mass is 32.2. The fourth-order valence-electron chi connectivity index (χ4n) is 3.94. The third kappa shape index (κ3) is 5.03. The summed E-state index contributed by atoms with van der Waals surface area (Å²) in [6.07, 6.45) is 1.57. The lowest BCUT2D eigenvalue weighted by atomic mass is 10.0. The minimum atomic E-state index is -3.91. The standard InChI is InChI=1S/C26H26N2O5S/c1-18-11-15-22(16-12-18)34(31,32)27-19(2)26(30)33-17-25(29)28-23-9-5-3-7-20(23)13-14-21-8-4-6-10-24(21)28/h3-12,15-16,19,27H,13-14,17H2,1-2H3/t19-/m0/s1. The Morgan fingerprint density at radius 1 is 0.912 bits per heavy atom. The Morgan fingerprint density at radius 2 is 1.44 bits per heavy atom. The molecule has 0 aromatic heterocycles. The molecular formula is C26H26N2O5S. The van der Waals surface area contributed by atoms with Crippen molar-refractivity contribution in [3.63, 3.8) is 0 Å². The number of hydrogen-bond donors (Lipinski definition) is 1. The summed E-state index contributed by atoms with van der Waals surface area (Å²) in [5, 5.41) is 0. The molecule has 0 aliphatic carbocycles. The summed E-state index contributed by atoms with van der Waals surface area (Å²) in [5.41, 5.74) is 4.47. The number of nitrogens with one attached hydrogen (secondary N) is 1. The molecule has 1 aliphatic rings. The summed E-state index contributed by atoms with van der Waals surface area (Å²) in [4.78, 5) is 27.4. The molecule has 0 unspecified atom stereocenters. The van der Waals surface area contributed by atoms with Crippen LogP contribution in [0, 0.1) is 6.92 Å². The molecule has 1 atom stereocenters.